The Kier molecular flexibility index (Phi) is 1.60. The van der Waals surface area contributed by atoms with E-state index < -0.39 is 0 Å². The summed E-state index contributed by atoms with van der Waals surface area (Å²) in [5.41, 5.74) is 1.20. The minimum atomic E-state index is 0.0729. The Balaban J connectivity index is 2.34. The summed E-state index contributed by atoms with van der Waals surface area (Å²) >= 11 is 1.63. The molecule has 1 unspecified atom stereocenters. The fourth-order valence-electron chi connectivity index (χ4n) is 1.41. The van der Waals surface area contributed by atoms with Crippen LogP contribution in [0.5, 0.6) is 0 Å². The number of hydrogen-bond donors (Lipinski definition) is 0. The van der Waals surface area contributed by atoms with Gasteiger partial charge in [-0.25, -0.2) is 0 Å². The summed E-state index contributed by atoms with van der Waals surface area (Å²) in [5.74, 6) is 0.366. The minimum absolute atomic E-state index is 0.0729. The Morgan fingerprint density at radius 1 is 1.73 bits per heavy atom. The van der Waals surface area contributed by atoms with Gasteiger partial charge in [0, 0.05) is 25.2 Å². The molecule has 0 amide bonds. The molecule has 3 heteroatoms. The number of ketones is 1. The second-order valence-electron chi connectivity index (χ2n) is 2.84. The standard InChI is InChI=1S/C8H10NOS/c1-6-5-11-8-7(10)3-2-4-9(6)8/h4-5,8H,2-3H2,1H3/q+1. The summed E-state index contributed by atoms with van der Waals surface area (Å²) in [4.78, 5) is 11.3. The first-order valence-corrected chi connectivity index (χ1v) is 4.70. The van der Waals surface area contributed by atoms with Crippen LogP contribution in [-0.4, -0.2) is 21.9 Å². The SMILES string of the molecule is CC1=CSC2C(=O)CCC=[N+]12. The van der Waals surface area contributed by atoms with E-state index in [1.807, 2.05) is 6.92 Å². The number of allylic oxidation sites excluding steroid dienone is 1. The highest BCUT2D eigenvalue weighted by atomic mass is 32.2. The van der Waals surface area contributed by atoms with Crippen molar-refractivity contribution in [2.75, 3.05) is 0 Å². The summed E-state index contributed by atoms with van der Waals surface area (Å²) in [6, 6.07) is 0. The van der Waals surface area contributed by atoms with Gasteiger partial charge in [0.25, 0.3) is 5.37 Å². The largest absolute Gasteiger partial charge is 0.291 e. The number of thioether (sulfide) groups is 1. The van der Waals surface area contributed by atoms with Gasteiger partial charge in [0.2, 0.25) is 5.78 Å². The third-order valence-electron chi connectivity index (χ3n) is 2.02. The molecule has 0 saturated carbocycles. The number of Topliss-reactive ketones (excluding diaryl/α,β-unsaturated/α-hetero) is 1. The zero-order valence-corrected chi connectivity index (χ0v) is 7.23. The third-order valence-corrected chi connectivity index (χ3v) is 3.24. The Morgan fingerprint density at radius 3 is 3.27 bits per heavy atom. The molecular weight excluding hydrogens is 158 g/mol. The lowest BCUT2D eigenvalue weighted by Gasteiger charge is -2.09. The zero-order chi connectivity index (χ0) is 7.84. The van der Waals surface area contributed by atoms with E-state index in [1.165, 1.54) is 5.70 Å². The Hall–Kier alpha value is -0.570. The molecule has 2 nitrogen and oxygen atoms in total. The second-order valence-corrected chi connectivity index (χ2v) is 3.80. The molecule has 2 aliphatic heterocycles. The highest BCUT2D eigenvalue weighted by molar-refractivity contribution is 8.03. The second kappa shape index (κ2) is 2.48. The third kappa shape index (κ3) is 1.03. The number of carbonyl (C=O) groups is 1. The van der Waals surface area contributed by atoms with E-state index in [0.29, 0.717) is 5.78 Å². The number of carbonyl (C=O) groups excluding carboxylic acids is 1. The number of fused-ring (bicyclic) bond motifs is 1. The van der Waals surface area contributed by atoms with Gasteiger partial charge in [0.15, 0.2) is 5.70 Å². The number of hydrogen-bond acceptors (Lipinski definition) is 2. The van der Waals surface area contributed by atoms with E-state index in [2.05, 4.69) is 16.2 Å². The molecule has 0 bridgehead atoms. The minimum Gasteiger partial charge on any atom is -0.291 e. The zero-order valence-electron chi connectivity index (χ0n) is 6.41. The van der Waals surface area contributed by atoms with Crippen molar-refractivity contribution >= 4 is 23.8 Å². The first-order valence-electron chi connectivity index (χ1n) is 3.75. The molecule has 0 N–H and O–H groups in total. The molecule has 2 heterocycles. The quantitative estimate of drug-likeness (QED) is 0.509. The van der Waals surface area contributed by atoms with Crippen LogP contribution in [-0.2, 0) is 4.79 Å². The van der Waals surface area contributed by atoms with Crippen molar-refractivity contribution in [1.82, 2.24) is 0 Å². The summed E-state index contributed by atoms with van der Waals surface area (Å²) in [7, 11) is 0. The molecule has 0 aliphatic carbocycles. The van der Waals surface area contributed by atoms with E-state index in [9.17, 15) is 4.79 Å². The predicted molar refractivity (Wildman–Crippen MR) is 45.7 cm³/mol. The molecule has 11 heavy (non-hydrogen) atoms. The molecule has 0 saturated heterocycles. The maximum Gasteiger partial charge on any atom is 0.266 e. The van der Waals surface area contributed by atoms with E-state index in [-0.39, 0.29) is 5.37 Å². The lowest BCUT2D eigenvalue weighted by Crippen LogP contribution is -2.31. The van der Waals surface area contributed by atoms with Gasteiger partial charge < -0.3 is 0 Å². The summed E-state index contributed by atoms with van der Waals surface area (Å²) < 4.78 is 2.08. The lowest BCUT2D eigenvalue weighted by atomic mass is 10.1. The monoisotopic (exact) mass is 168 g/mol. The van der Waals surface area contributed by atoms with Crippen LogP contribution in [0.2, 0.25) is 0 Å². The van der Waals surface area contributed by atoms with Crippen LogP contribution in [0.4, 0.5) is 0 Å². The Bertz CT molecular complexity index is 267. The molecule has 2 rings (SSSR count). The molecule has 0 aromatic heterocycles. The van der Waals surface area contributed by atoms with Gasteiger partial charge in [0.1, 0.15) is 6.21 Å². The van der Waals surface area contributed by atoms with E-state index in [1.54, 1.807) is 11.8 Å². The Labute approximate surface area is 70.0 Å². The van der Waals surface area contributed by atoms with Crippen molar-refractivity contribution < 1.29 is 9.37 Å². The first kappa shape index (κ1) is 7.10. The van der Waals surface area contributed by atoms with E-state index in [4.69, 9.17) is 0 Å². The Morgan fingerprint density at radius 2 is 2.55 bits per heavy atom. The smallest absolute Gasteiger partial charge is 0.266 e. The molecule has 1 atom stereocenters. The van der Waals surface area contributed by atoms with Crippen LogP contribution >= 0.6 is 11.8 Å². The van der Waals surface area contributed by atoms with Crippen molar-refractivity contribution in [2.24, 2.45) is 0 Å². The molecule has 0 spiro atoms. The van der Waals surface area contributed by atoms with Crippen molar-refractivity contribution in [2.45, 2.75) is 25.1 Å². The topological polar surface area (TPSA) is 20.1 Å². The van der Waals surface area contributed by atoms with Crippen LogP contribution in [0.1, 0.15) is 19.8 Å². The maximum atomic E-state index is 11.3. The molecule has 0 aromatic rings. The summed E-state index contributed by atoms with van der Waals surface area (Å²) in [6.07, 6.45) is 3.74. The first-order chi connectivity index (χ1) is 5.29. The fourth-order valence-corrected chi connectivity index (χ4v) is 2.52. The summed E-state index contributed by atoms with van der Waals surface area (Å²) in [5, 5.41) is 2.13. The van der Waals surface area contributed by atoms with Crippen LogP contribution in [0.15, 0.2) is 11.1 Å². The molecular formula is C8H10NOS+. The predicted octanol–water partition coefficient (Wildman–Crippen LogP) is 1.37. The highest BCUT2D eigenvalue weighted by Crippen LogP contribution is 2.29. The van der Waals surface area contributed by atoms with E-state index in [0.717, 1.165) is 12.8 Å². The highest BCUT2D eigenvalue weighted by Gasteiger charge is 2.37. The van der Waals surface area contributed by atoms with Crippen molar-refractivity contribution in [3.63, 3.8) is 0 Å². The molecule has 0 aromatic carbocycles. The maximum absolute atomic E-state index is 11.3. The number of rotatable bonds is 0. The van der Waals surface area contributed by atoms with Gasteiger partial charge in [-0.3, -0.25) is 4.79 Å². The average molecular weight is 168 g/mol. The van der Waals surface area contributed by atoms with Crippen molar-refractivity contribution in [3.8, 4) is 0 Å². The van der Waals surface area contributed by atoms with Crippen LogP contribution in [0, 0.1) is 0 Å². The fraction of sp³-hybridized carbons (Fsp3) is 0.500. The van der Waals surface area contributed by atoms with Crippen LogP contribution in [0.25, 0.3) is 0 Å². The van der Waals surface area contributed by atoms with Gasteiger partial charge in [-0.05, 0) is 11.8 Å². The average Bonchev–Trinajstić information content (AvgIpc) is 2.35. The normalized spacial score (nSPS) is 29.5. The number of nitrogens with zero attached hydrogens (tertiary/aromatic N) is 1. The van der Waals surface area contributed by atoms with Gasteiger partial charge in [0.05, 0.1) is 0 Å². The van der Waals surface area contributed by atoms with Crippen LogP contribution < -0.4 is 0 Å². The van der Waals surface area contributed by atoms with Crippen molar-refractivity contribution in [3.05, 3.63) is 11.1 Å². The van der Waals surface area contributed by atoms with Crippen LogP contribution in [0.3, 0.4) is 0 Å². The van der Waals surface area contributed by atoms with Gasteiger partial charge in [-0.1, -0.05) is 0 Å². The molecule has 58 valence electrons. The van der Waals surface area contributed by atoms with Gasteiger partial charge in [-0.2, -0.15) is 4.58 Å². The van der Waals surface area contributed by atoms with Gasteiger partial charge >= 0.3 is 0 Å². The molecule has 2 aliphatic rings. The van der Waals surface area contributed by atoms with Gasteiger partial charge in [-0.15, -0.1) is 0 Å². The van der Waals surface area contributed by atoms with Crippen molar-refractivity contribution in [1.29, 1.82) is 0 Å². The molecule has 0 fully saturated rings. The molecule has 0 radical (unpaired) electrons. The lowest BCUT2D eigenvalue weighted by molar-refractivity contribution is -0.473. The van der Waals surface area contributed by atoms with E-state index >= 15 is 0 Å². The summed E-state index contributed by atoms with van der Waals surface area (Å²) in [6.45, 7) is 2.04.